The molecule has 3 rings (SSSR count). The van der Waals surface area contributed by atoms with E-state index in [0.29, 0.717) is 17.2 Å². The Morgan fingerprint density at radius 2 is 2.25 bits per heavy atom. The van der Waals surface area contributed by atoms with Crippen LogP contribution in [0.5, 0.6) is 0 Å². The zero-order valence-electron chi connectivity index (χ0n) is 13.3. The van der Waals surface area contributed by atoms with E-state index in [9.17, 15) is 4.79 Å². The van der Waals surface area contributed by atoms with E-state index in [-0.39, 0.29) is 5.97 Å². The number of aromatic nitrogens is 4. The van der Waals surface area contributed by atoms with Gasteiger partial charge in [-0.1, -0.05) is 6.08 Å². The van der Waals surface area contributed by atoms with Crippen LogP contribution in [0.25, 0.3) is 18.0 Å². The van der Waals surface area contributed by atoms with Gasteiger partial charge in [0.05, 0.1) is 12.3 Å². The number of hydrogen-bond donors (Lipinski definition) is 0. The molecule has 0 unspecified atom stereocenters. The van der Waals surface area contributed by atoms with Gasteiger partial charge in [0, 0.05) is 18.6 Å². The van der Waals surface area contributed by atoms with E-state index >= 15 is 0 Å². The van der Waals surface area contributed by atoms with Crippen molar-refractivity contribution in [2.24, 2.45) is 0 Å². The summed E-state index contributed by atoms with van der Waals surface area (Å²) in [6.07, 6.45) is 10.8. The maximum absolute atomic E-state index is 11.8. The standard InChI is InChI=1S/C17H16N4O2S/c1-3-23-17(22)16-12(2)20-15(24-16)7-5-13-4-6-14(19-10-13)21-9-8-18-11-21/h4-11H,3H2,1-2H3. The molecule has 0 aromatic carbocycles. The fraction of sp³-hybridized carbons (Fsp3) is 0.176. The van der Waals surface area contributed by atoms with Crippen LogP contribution in [-0.2, 0) is 4.74 Å². The first-order chi connectivity index (χ1) is 11.7. The summed E-state index contributed by atoms with van der Waals surface area (Å²) in [5.74, 6) is 0.484. The molecule has 122 valence electrons. The molecule has 0 saturated carbocycles. The third kappa shape index (κ3) is 3.57. The SMILES string of the molecule is CCOC(=O)c1sc(C=Cc2ccc(-n3ccnc3)nc2)nc1C. The average Bonchev–Trinajstić information content (AvgIpc) is 3.23. The van der Waals surface area contributed by atoms with Crippen molar-refractivity contribution >= 4 is 29.5 Å². The Morgan fingerprint density at radius 3 is 2.92 bits per heavy atom. The Balaban J connectivity index is 1.74. The van der Waals surface area contributed by atoms with E-state index in [0.717, 1.165) is 16.4 Å². The molecule has 24 heavy (non-hydrogen) atoms. The maximum atomic E-state index is 11.8. The molecule has 0 saturated heterocycles. The van der Waals surface area contributed by atoms with Crippen LogP contribution in [0.15, 0.2) is 37.1 Å². The number of esters is 1. The summed E-state index contributed by atoms with van der Waals surface area (Å²) in [5.41, 5.74) is 1.64. The second-order valence-corrected chi connectivity index (χ2v) is 5.97. The fourth-order valence-corrected chi connectivity index (χ4v) is 2.95. The molecule has 0 spiro atoms. The van der Waals surface area contributed by atoms with Crippen molar-refractivity contribution in [2.45, 2.75) is 13.8 Å². The van der Waals surface area contributed by atoms with Crippen molar-refractivity contribution < 1.29 is 9.53 Å². The average molecular weight is 340 g/mol. The van der Waals surface area contributed by atoms with Crippen molar-refractivity contribution in [3.8, 4) is 5.82 Å². The monoisotopic (exact) mass is 340 g/mol. The minimum atomic E-state index is -0.321. The number of carbonyl (C=O) groups is 1. The number of aryl methyl sites for hydroxylation is 1. The third-order valence-electron chi connectivity index (χ3n) is 3.23. The number of rotatable bonds is 5. The second-order valence-electron chi connectivity index (χ2n) is 4.94. The molecular formula is C17H16N4O2S. The molecule has 7 heteroatoms. The maximum Gasteiger partial charge on any atom is 0.350 e. The van der Waals surface area contributed by atoms with Crippen molar-refractivity contribution in [2.75, 3.05) is 6.61 Å². The minimum Gasteiger partial charge on any atom is -0.462 e. The molecule has 0 fully saturated rings. The Kier molecular flexibility index (Phi) is 4.81. The lowest BCUT2D eigenvalue weighted by Gasteiger charge is -2.00. The summed E-state index contributed by atoms with van der Waals surface area (Å²) in [5, 5.41) is 0.759. The lowest BCUT2D eigenvalue weighted by atomic mass is 10.2. The van der Waals surface area contributed by atoms with Crippen LogP contribution in [0.4, 0.5) is 0 Å². The summed E-state index contributed by atoms with van der Waals surface area (Å²) in [6, 6.07) is 3.88. The minimum absolute atomic E-state index is 0.321. The van der Waals surface area contributed by atoms with Gasteiger partial charge in [-0.05, 0) is 37.6 Å². The first-order valence-corrected chi connectivity index (χ1v) is 8.26. The summed E-state index contributed by atoms with van der Waals surface area (Å²) in [4.78, 5) is 25.1. The Hall–Kier alpha value is -2.80. The Labute approximate surface area is 143 Å². The van der Waals surface area contributed by atoms with Gasteiger partial charge < -0.3 is 4.74 Å². The lowest BCUT2D eigenvalue weighted by Crippen LogP contribution is -2.03. The van der Waals surface area contributed by atoms with E-state index in [1.54, 1.807) is 25.6 Å². The summed E-state index contributed by atoms with van der Waals surface area (Å²) >= 11 is 1.32. The number of thiazole rings is 1. The number of carbonyl (C=O) groups excluding carboxylic acids is 1. The molecule has 0 radical (unpaired) electrons. The Bertz CT molecular complexity index is 851. The van der Waals surface area contributed by atoms with Gasteiger partial charge in [0.1, 0.15) is 22.0 Å². The molecule has 0 aliphatic heterocycles. The van der Waals surface area contributed by atoms with Gasteiger partial charge in [0.15, 0.2) is 0 Å². The van der Waals surface area contributed by atoms with Crippen LogP contribution in [0, 0.1) is 6.92 Å². The smallest absolute Gasteiger partial charge is 0.350 e. The van der Waals surface area contributed by atoms with Gasteiger partial charge in [0.2, 0.25) is 0 Å². The third-order valence-corrected chi connectivity index (χ3v) is 4.33. The number of hydrogen-bond acceptors (Lipinski definition) is 6. The van der Waals surface area contributed by atoms with Crippen molar-refractivity contribution in [3.63, 3.8) is 0 Å². The molecule has 0 N–H and O–H groups in total. The topological polar surface area (TPSA) is 69.9 Å². The largest absolute Gasteiger partial charge is 0.462 e. The van der Waals surface area contributed by atoms with Gasteiger partial charge >= 0.3 is 5.97 Å². The van der Waals surface area contributed by atoms with E-state index in [2.05, 4.69) is 15.0 Å². The van der Waals surface area contributed by atoms with Gasteiger partial charge in [-0.3, -0.25) is 4.57 Å². The molecule has 3 aromatic heterocycles. The van der Waals surface area contributed by atoms with E-state index in [4.69, 9.17) is 4.74 Å². The second kappa shape index (κ2) is 7.18. The molecule has 0 atom stereocenters. The van der Waals surface area contributed by atoms with Crippen molar-refractivity contribution in [1.29, 1.82) is 0 Å². The summed E-state index contributed by atoms with van der Waals surface area (Å²) < 4.78 is 6.86. The highest BCUT2D eigenvalue weighted by molar-refractivity contribution is 7.14. The van der Waals surface area contributed by atoms with E-state index in [1.165, 1.54) is 11.3 Å². The zero-order valence-corrected chi connectivity index (χ0v) is 14.2. The lowest BCUT2D eigenvalue weighted by molar-refractivity contribution is 0.0531. The fourth-order valence-electron chi connectivity index (χ4n) is 2.09. The number of ether oxygens (including phenoxy) is 1. The highest BCUT2D eigenvalue weighted by Gasteiger charge is 2.14. The molecule has 0 amide bonds. The van der Waals surface area contributed by atoms with Crippen LogP contribution in [-0.4, -0.2) is 32.1 Å². The highest BCUT2D eigenvalue weighted by atomic mass is 32.1. The number of nitrogens with zero attached hydrogens (tertiary/aromatic N) is 4. The van der Waals surface area contributed by atoms with E-state index < -0.39 is 0 Å². The van der Waals surface area contributed by atoms with Gasteiger partial charge in [-0.15, -0.1) is 11.3 Å². The van der Waals surface area contributed by atoms with Crippen LogP contribution in [0.1, 0.15) is 32.9 Å². The summed E-state index contributed by atoms with van der Waals surface area (Å²) in [6.45, 7) is 3.95. The van der Waals surface area contributed by atoms with Gasteiger partial charge in [-0.25, -0.2) is 19.7 Å². The molecule has 3 heterocycles. The summed E-state index contributed by atoms with van der Waals surface area (Å²) in [7, 11) is 0. The molecule has 6 nitrogen and oxygen atoms in total. The van der Waals surface area contributed by atoms with Crippen LogP contribution >= 0.6 is 11.3 Å². The van der Waals surface area contributed by atoms with Crippen LogP contribution < -0.4 is 0 Å². The molecule has 3 aromatic rings. The van der Waals surface area contributed by atoms with E-state index in [1.807, 2.05) is 42.0 Å². The molecule has 0 bridgehead atoms. The molecule has 0 aliphatic carbocycles. The van der Waals surface area contributed by atoms with Crippen molar-refractivity contribution in [3.05, 3.63) is 58.2 Å². The predicted molar refractivity (Wildman–Crippen MR) is 93.1 cm³/mol. The number of imidazole rings is 1. The first kappa shape index (κ1) is 16.1. The van der Waals surface area contributed by atoms with Gasteiger partial charge in [0.25, 0.3) is 0 Å². The van der Waals surface area contributed by atoms with Crippen LogP contribution in [0.3, 0.4) is 0 Å². The van der Waals surface area contributed by atoms with Crippen molar-refractivity contribution in [1.82, 2.24) is 19.5 Å². The zero-order chi connectivity index (χ0) is 16.9. The molecular weight excluding hydrogens is 324 g/mol. The quantitative estimate of drug-likeness (QED) is 0.666. The van der Waals surface area contributed by atoms with Gasteiger partial charge in [-0.2, -0.15) is 0 Å². The predicted octanol–water partition coefficient (Wildman–Crippen LogP) is 3.38. The Morgan fingerprint density at radius 1 is 1.38 bits per heavy atom. The molecule has 0 aliphatic rings. The normalized spacial score (nSPS) is 11.1. The highest BCUT2D eigenvalue weighted by Crippen LogP contribution is 2.21. The van der Waals surface area contributed by atoms with Crippen LogP contribution in [0.2, 0.25) is 0 Å². The first-order valence-electron chi connectivity index (χ1n) is 7.44. The number of pyridine rings is 1.